The Hall–Kier alpha value is -2.26. The SMILES string of the molecule is CCCCC1(CC)C(=O)N(c2cccc(N=C=O)c2C)C1=O. The van der Waals surface area contributed by atoms with E-state index >= 15 is 0 Å². The van der Waals surface area contributed by atoms with Crippen molar-refractivity contribution in [1.29, 1.82) is 0 Å². The van der Waals surface area contributed by atoms with Crippen molar-refractivity contribution >= 4 is 29.3 Å². The molecule has 0 aliphatic carbocycles. The molecule has 1 aliphatic rings. The molecule has 1 aromatic carbocycles. The van der Waals surface area contributed by atoms with Crippen LogP contribution in [0.25, 0.3) is 0 Å². The second kappa shape index (κ2) is 6.24. The van der Waals surface area contributed by atoms with Gasteiger partial charge < -0.3 is 0 Å². The van der Waals surface area contributed by atoms with Gasteiger partial charge in [-0.3, -0.25) is 9.59 Å². The molecule has 5 heteroatoms. The fourth-order valence-electron chi connectivity index (χ4n) is 2.97. The minimum absolute atomic E-state index is 0.149. The molecule has 0 radical (unpaired) electrons. The largest absolute Gasteiger partial charge is 0.273 e. The Balaban J connectivity index is 2.37. The quantitative estimate of drug-likeness (QED) is 0.350. The number of hydrogen-bond donors (Lipinski definition) is 0. The molecule has 1 fully saturated rings. The maximum absolute atomic E-state index is 12.7. The summed E-state index contributed by atoms with van der Waals surface area (Å²) >= 11 is 0. The Morgan fingerprint density at radius 3 is 2.45 bits per heavy atom. The summed E-state index contributed by atoms with van der Waals surface area (Å²) in [7, 11) is 0. The first-order valence-electron chi connectivity index (χ1n) is 7.60. The summed E-state index contributed by atoms with van der Waals surface area (Å²) < 4.78 is 0. The molecular weight excluding hydrogens is 280 g/mol. The fourth-order valence-corrected chi connectivity index (χ4v) is 2.97. The number of nitrogens with zero attached hydrogens (tertiary/aromatic N) is 2. The number of carbonyl (C=O) groups excluding carboxylic acids is 3. The number of aliphatic imine (C=N–C) groups is 1. The second-order valence-corrected chi connectivity index (χ2v) is 5.61. The molecule has 0 bridgehead atoms. The fraction of sp³-hybridized carbons (Fsp3) is 0.471. The first-order chi connectivity index (χ1) is 10.5. The summed E-state index contributed by atoms with van der Waals surface area (Å²) in [6, 6.07) is 5.04. The predicted octanol–water partition coefficient (Wildman–Crippen LogP) is 3.42. The predicted molar refractivity (Wildman–Crippen MR) is 83.7 cm³/mol. The van der Waals surface area contributed by atoms with Gasteiger partial charge >= 0.3 is 0 Å². The van der Waals surface area contributed by atoms with Gasteiger partial charge in [0.1, 0.15) is 5.41 Å². The van der Waals surface area contributed by atoms with Crippen molar-refractivity contribution in [2.75, 3.05) is 4.90 Å². The third-order valence-corrected chi connectivity index (χ3v) is 4.47. The van der Waals surface area contributed by atoms with Gasteiger partial charge in [0.2, 0.25) is 17.9 Å². The highest BCUT2D eigenvalue weighted by molar-refractivity contribution is 6.36. The van der Waals surface area contributed by atoms with Gasteiger partial charge in [0.05, 0.1) is 11.4 Å². The lowest BCUT2D eigenvalue weighted by Crippen LogP contribution is -2.66. The van der Waals surface area contributed by atoms with Gasteiger partial charge in [0, 0.05) is 0 Å². The lowest BCUT2D eigenvalue weighted by atomic mass is 9.71. The molecule has 1 saturated heterocycles. The van der Waals surface area contributed by atoms with E-state index in [1.54, 1.807) is 25.1 Å². The van der Waals surface area contributed by atoms with Crippen LogP contribution in [0.15, 0.2) is 23.2 Å². The molecule has 0 spiro atoms. The van der Waals surface area contributed by atoms with E-state index in [0.717, 1.165) is 12.8 Å². The number of rotatable bonds is 6. The number of hydrogen-bond acceptors (Lipinski definition) is 4. The molecule has 0 saturated carbocycles. The zero-order chi connectivity index (χ0) is 16.3. The van der Waals surface area contributed by atoms with E-state index in [2.05, 4.69) is 4.99 Å². The zero-order valence-electron chi connectivity index (χ0n) is 13.2. The Morgan fingerprint density at radius 2 is 1.91 bits per heavy atom. The molecule has 1 aromatic rings. The molecule has 1 aliphatic heterocycles. The monoisotopic (exact) mass is 300 g/mol. The van der Waals surface area contributed by atoms with Crippen LogP contribution in [-0.4, -0.2) is 17.9 Å². The molecule has 1 heterocycles. The summed E-state index contributed by atoms with van der Waals surface area (Å²) in [5, 5.41) is 0. The Kier molecular flexibility index (Phi) is 4.57. The van der Waals surface area contributed by atoms with Crippen molar-refractivity contribution in [3.05, 3.63) is 23.8 Å². The van der Waals surface area contributed by atoms with Gasteiger partial charge in [0.25, 0.3) is 0 Å². The first-order valence-corrected chi connectivity index (χ1v) is 7.60. The highest BCUT2D eigenvalue weighted by atomic mass is 16.2. The Bertz CT molecular complexity index is 644. The van der Waals surface area contributed by atoms with Crippen molar-refractivity contribution < 1.29 is 14.4 Å². The van der Waals surface area contributed by atoms with Crippen LogP contribution >= 0.6 is 0 Å². The molecule has 2 rings (SSSR count). The molecule has 0 atom stereocenters. The molecular formula is C17H20N2O3. The molecule has 0 N–H and O–H groups in total. The van der Waals surface area contributed by atoms with Crippen LogP contribution in [0, 0.1) is 12.3 Å². The van der Waals surface area contributed by atoms with Gasteiger partial charge in [-0.25, -0.2) is 9.69 Å². The molecule has 5 nitrogen and oxygen atoms in total. The van der Waals surface area contributed by atoms with E-state index < -0.39 is 5.41 Å². The van der Waals surface area contributed by atoms with Crippen LogP contribution in [0.5, 0.6) is 0 Å². The van der Waals surface area contributed by atoms with E-state index in [-0.39, 0.29) is 11.8 Å². The van der Waals surface area contributed by atoms with Crippen LogP contribution in [0.2, 0.25) is 0 Å². The lowest BCUT2D eigenvalue weighted by Gasteiger charge is -2.46. The average Bonchev–Trinajstić information content (AvgIpc) is 2.52. The van der Waals surface area contributed by atoms with E-state index in [1.807, 2.05) is 13.8 Å². The maximum atomic E-state index is 12.7. The van der Waals surface area contributed by atoms with E-state index in [1.165, 1.54) is 11.0 Å². The van der Waals surface area contributed by atoms with Gasteiger partial charge in [-0.2, -0.15) is 4.99 Å². The number of anilines is 1. The molecule has 116 valence electrons. The summed E-state index contributed by atoms with van der Waals surface area (Å²) in [4.78, 5) is 40.6. The molecule has 0 aromatic heterocycles. The van der Waals surface area contributed by atoms with Crippen molar-refractivity contribution in [3.63, 3.8) is 0 Å². The molecule has 22 heavy (non-hydrogen) atoms. The molecule has 2 amide bonds. The number of amides is 2. The third-order valence-electron chi connectivity index (χ3n) is 4.47. The second-order valence-electron chi connectivity index (χ2n) is 5.61. The Labute approximate surface area is 130 Å². The zero-order valence-corrected chi connectivity index (χ0v) is 13.2. The van der Waals surface area contributed by atoms with E-state index in [4.69, 9.17) is 0 Å². The van der Waals surface area contributed by atoms with Crippen molar-refractivity contribution in [1.82, 2.24) is 0 Å². The van der Waals surface area contributed by atoms with Crippen LogP contribution in [0.3, 0.4) is 0 Å². The van der Waals surface area contributed by atoms with Gasteiger partial charge in [0.15, 0.2) is 0 Å². The number of β-lactam (4-membered cyclic amide) rings is 2. The summed E-state index contributed by atoms with van der Waals surface area (Å²) in [5.74, 6) is -0.299. The first kappa shape index (κ1) is 16.1. The summed E-state index contributed by atoms with van der Waals surface area (Å²) in [6.07, 6.45) is 4.41. The number of benzene rings is 1. The number of imide groups is 1. The van der Waals surface area contributed by atoms with E-state index in [9.17, 15) is 14.4 Å². The van der Waals surface area contributed by atoms with Crippen molar-refractivity contribution in [2.24, 2.45) is 10.4 Å². The van der Waals surface area contributed by atoms with Crippen molar-refractivity contribution in [3.8, 4) is 0 Å². The van der Waals surface area contributed by atoms with Crippen LogP contribution in [0.1, 0.15) is 45.1 Å². The highest BCUT2D eigenvalue weighted by Crippen LogP contribution is 2.45. The average molecular weight is 300 g/mol. The normalized spacial score (nSPS) is 16.2. The number of unbranched alkanes of at least 4 members (excludes halogenated alkanes) is 1. The van der Waals surface area contributed by atoms with E-state index in [0.29, 0.717) is 29.8 Å². The van der Waals surface area contributed by atoms with Crippen molar-refractivity contribution in [2.45, 2.75) is 46.5 Å². The van der Waals surface area contributed by atoms with Crippen LogP contribution in [-0.2, 0) is 14.4 Å². The smallest absolute Gasteiger partial charge is 0.249 e. The van der Waals surface area contributed by atoms with Gasteiger partial charge in [-0.05, 0) is 37.5 Å². The minimum Gasteiger partial charge on any atom is -0.273 e. The van der Waals surface area contributed by atoms with Crippen LogP contribution in [0.4, 0.5) is 11.4 Å². The number of isocyanates is 1. The maximum Gasteiger partial charge on any atom is 0.249 e. The van der Waals surface area contributed by atoms with Crippen LogP contribution < -0.4 is 4.90 Å². The highest BCUT2D eigenvalue weighted by Gasteiger charge is 2.59. The standard InChI is InChI=1S/C17H20N2O3/c1-4-6-10-17(5-2)15(21)19(16(17)22)14-9-7-8-13(12(14)3)18-11-20/h7-9H,4-6,10H2,1-3H3. The summed E-state index contributed by atoms with van der Waals surface area (Å²) in [6.45, 7) is 5.66. The minimum atomic E-state index is -0.869. The number of carbonyl (C=O) groups is 2. The van der Waals surface area contributed by atoms with Gasteiger partial charge in [-0.15, -0.1) is 0 Å². The summed E-state index contributed by atoms with van der Waals surface area (Å²) in [5.41, 5.74) is 0.697. The topological polar surface area (TPSA) is 66.8 Å². The van der Waals surface area contributed by atoms with Gasteiger partial charge in [-0.1, -0.05) is 32.8 Å². The third kappa shape index (κ3) is 2.28. The lowest BCUT2D eigenvalue weighted by molar-refractivity contribution is -0.153. The molecule has 0 unspecified atom stereocenters. The Morgan fingerprint density at radius 1 is 1.23 bits per heavy atom.